The Bertz CT molecular complexity index is 482. The number of hydrogen-bond donors (Lipinski definition) is 3. The molecule has 7 heteroatoms. The minimum atomic E-state index is -0.840. The van der Waals surface area contributed by atoms with Gasteiger partial charge in [-0.2, -0.15) is 0 Å². The Labute approximate surface area is 187 Å². The second kappa shape index (κ2) is 18.8. The smallest absolute Gasteiger partial charge is 0.303 e. The highest BCUT2D eigenvalue weighted by molar-refractivity contribution is 5.67. The van der Waals surface area contributed by atoms with Crippen LogP contribution in [-0.4, -0.2) is 63.9 Å². The molecule has 0 aromatic heterocycles. The van der Waals surface area contributed by atoms with Crippen molar-refractivity contribution in [3.8, 4) is 0 Å². The lowest BCUT2D eigenvalue weighted by Crippen LogP contribution is -2.51. The molecule has 0 amide bonds. The Kier molecular flexibility index (Phi) is 17.7. The molecule has 0 aromatic carbocycles. The van der Waals surface area contributed by atoms with Crippen molar-refractivity contribution >= 4 is 17.9 Å². The predicted molar refractivity (Wildman–Crippen MR) is 122 cm³/mol. The summed E-state index contributed by atoms with van der Waals surface area (Å²) in [6, 6.07) is 0. The Hall–Kier alpha value is -1.89. The minimum absolute atomic E-state index is 0.0751. The highest BCUT2D eigenvalue weighted by Gasteiger charge is 2.26. The van der Waals surface area contributed by atoms with Crippen LogP contribution >= 0.6 is 0 Å². The highest BCUT2D eigenvalue weighted by Crippen LogP contribution is 2.17. The average Bonchev–Trinajstić information content (AvgIpc) is 2.68. The van der Waals surface area contributed by atoms with Gasteiger partial charge in [-0.1, -0.05) is 51.2 Å². The lowest BCUT2D eigenvalue weighted by molar-refractivity contribution is -0.928. The summed E-state index contributed by atoms with van der Waals surface area (Å²) < 4.78 is 0.592. The van der Waals surface area contributed by atoms with Crippen LogP contribution in [0.2, 0.25) is 0 Å². The van der Waals surface area contributed by atoms with Crippen molar-refractivity contribution in [1.29, 1.82) is 0 Å². The Morgan fingerprint density at radius 2 is 1.00 bits per heavy atom. The molecule has 0 aliphatic rings. The third kappa shape index (κ3) is 18.6. The molecule has 0 heterocycles. The van der Waals surface area contributed by atoms with Gasteiger partial charge in [-0.05, 0) is 12.8 Å². The van der Waals surface area contributed by atoms with Crippen LogP contribution in [-0.2, 0) is 14.4 Å². The van der Waals surface area contributed by atoms with Gasteiger partial charge < -0.3 is 19.8 Å². The van der Waals surface area contributed by atoms with Gasteiger partial charge in [0.25, 0.3) is 0 Å². The Morgan fingerprint density at radius 1 is 0.581 bits per heavy atom. The van der Waals surface area contributed by atoms with E-state index < -0.39 is 17.9 Å². The van der Waals surface area contributed by atoms with Gasteiger partial charge in [0.1, 0.15) is 0 Å². The van der Waals surface area contributed by atoms with E-state index in [4.69, 9.17) is 15.3 Å². The highest BCUT2D eigenvalue weighted by atomic mass is 16.4. The van der Waals surface area contributed by atoms with E-state index in [9.17, 15) is 14.4 Å². The van der Waals surface area contributed by atoms with Crippen molar-refractivity contribution < 1.29 is 34.2 Å². The van der Waals surface area contributed by atoms with E-state index in [1.54, 1.807) is 0 Å². The first-order valence-electron chi connectivity index (χ1n) is 12.0. The quantitative estimate of drug-likeness (QED) is 0.122. The van der Waals surface area contributed by atoms with Crippen LogP contribution in [0.5, 0.6) is 0 Å². The molecule has 0 rings (SSSR count). The van der Waals surface area contributed by atoms with Crippen molar-refractivity contribution in [3.63, 3.8) is 0 Å². The Morgan fingerprint density at radius 3 is 1.45 bits per heavy atom. The van der Waals surface area contributed by atoms with Crippen LogP contribution in [0.3, 0.4) is 0 Å². The molecule has 0 aromatic rings. The van der Waals surface area contributed by atoms with Crippen LogP contribution in [0.1, 0.15) is 96.8 Å². The second-order valence-electron chi connectivity index (χ2n) is 8.54. The summed E-state index contributed by atoms with van der Waals surface area (Å²) in [5, 5.41) is 27.0. The van der Waals surface area contributed by atoms with Gasteiger partial charge in [-0.15, -0.1) is 0 Å². The number of carbonyl (C=O) groups is 3. The number of carboxylic acid groups (broad SMARTS) is 3. The third-order valence-electron chi connectivity index (χ3n) is 5.73. The molecule has 0 fully saturated rings. The first-order valence-corrected chi connectivity index (χ1v) is 12.0. The zero-order valence-corrected chi connectivity index (χ0v) is 19.4. The molecule has 0 saturated carbocycles. The molecule has 0 aliphatic heterocycles. The van der Waals surface area contributed by atoms with E-state index in [2.05, 4.69) is 19.1 Å². The van der Waals surface area contributed by atoms with Crippen LogP contribution in [0.4, 0.5) is 0 Å². The van der Waals surface area contributed by atoms with Gasteiger partial charge in [0.05, 0.1) is 45.4 Å². The maximum atomic E-state index is 11.0. The molecule has 0 aliphatic carbocycles. The number of unbranched alkanes of at least 4 members (excludes halogenated alkanes) is 6. The molecule has 31 heavy (non-hydrogen) atoms. The summed E-state index contributed by atoms with van der Waals surface area (Å²) in [6.45, 7) is 4.91. The number of quaternary nitrogens is 1. The lowest BCUT2D eigenvalue weighted by Gasteiger charge is -2.39. The van der Waals surface area contributed by atoms with E-state index in [-0.39, 0.29) is 19.3 Å². The molecule has 180 valence electrons. The Balaban J connectivity index is 4.75. The van der Waals surface area contributed by atoms with Gasteiger partial charge >= 0.3 is 17.9 Å². The van der Waals surface area contributed by atoms with Crippen LogP contribution < -0.4 is 0 Å². The number of carboxylic acids is 3. The van der Waals surface area contributed by atoms with E-state index in [0.717, 1.165) is 19.4 Å². The molecule has 0 unspecified atom stereocenters. The number of hydrogen-bond acceptors (Lipinski definition) is 3. The zero-order chi connectivity index (χ0) is 23.4. The summed E-state index contributed by atoms with van der Waals surface area (Å²) in [4.78, 5) is 32.9. The van der Waals surface area contributed by atoms with E-state index in [0.29, 0.717) is 43.4 Å². The molecule has 3 N–H and O–H groups in total. The molecule has 0 radical (unpaired) electrons. The van der Waals surface area contributed by atoms with Gasteiger partial charge in [0.15, 0.2) is 0 Å². The topological polar surface area (TPSA) is 112 Å². The van der Waals surface area contributed by atoms with Crippen LogP contribution in [0.25, 0.3) is 0 Å². The SMILES string of the molecule is CCCCCCCC/C=C/CC[N+](CCCC(=O)O)(CCCC(=O)O)CCCC(=O)O. The summed E-state index contributed by atoms with van der Waals surface area (Å²) in [5.41, 5.74) is 0. The van der Waals surface area contributed by atoms with Gasteiger partial charge in [0, 0.05) is 25.7 Å². The number of allylic oxidation sites excluding steroid dienone is 1. The van der Waals surface area contributed by atoms with Crippen molar-refractivity contribution in [2.45, 2.75) is 96.8 Å². The standard InChI is InChI=1S/C24H43NO6/c1-2-3-4-5-6-7-8-9-10-11-18-25(19-12-15-22(26)27,20-13-16-23(28)29)21-14-17-24(30)31/h9-10H,2-8,11-21H2,1H3,(H2-,26,27,28,29,30,31)/p+1/b10-9+. The molecular formula is C24H44NO6+. The average molecular weight is 443 g/mol. The summed E-state index contributed by atoms with van der Waals surface area (Å²) in [5.74, 6) is -2.52. The van der Waals surface area contributed by atoms with Gasteiger partial charge in [0.2, 0.25) is 0 Å². The first kappa shape index (κ1) is 29.1. The monoisotopic (exact) mass is 442 g/mol. The van der Waals surface area contributed by atoms with Gasteiger partial charge in [-0.3, -0.25) is 14.4 Å². The van der Waals surface area contributed by atoms with Crippen molar-refractivity contribution in [2.24, 2.45) is 0 Å². The minimum Gasteiger partial charge on any atom is -0.481 e. The molecular weight excluding hydrogens is 398 g/mol. The summed E-state index contributed by atoms with van der Waals surface area (Å²) in [6.07, 6.45) is 15.6. The predicted octanol–water partition coefficient (Wildman–Crippen LogP) is 5.09. The van der Waals surface area contributed by atoms with Crippen molar-refractivity contribution in [1.82, 2.24) is 0 Å². The number of aliphatic carboxylic acids is 3. The molecule has 0 saturated heterocycles. The van der Waals surface area contributed by atoms with Crippen LogP contribution in [0, 0.1) is 0 Å². The van der Waals surface area contributed by atoms with E-state index in [1.165, 1.54) is 38.5 Å². The van der Waals surface area contributed by atoms with E-state index >= 15 is 0 Å². The fourth-order valence-electron chi connectivity index (χ4n) is 3.99. The fraction of sp³-hybridized carbons (Fsp3) is 0.792. The van der Waals surface area contributed by atoms with E-state index in [1.807, 2.05) is 0 Å². The first-order chi connectivity index (χ1) is 14.8. The third-order valence-corrected chi connectivity index (χ3v) is 5.73. The number of rotatable bonds is 22. The number of nitrogens with zero attached hydrogens (tertiary/aromatic N) is 1. The van der Waals surface area contributed by atoms with Crippen molar-refractivity contribution in [2.75, 3.05) is 26.2 Å². The zero-order valence-electron chi connectivity index (χ0n) is 19.4. The maximum Gasteiger partial charge on any atom is 0.303 e. The molecule has 0 atom stereocenters. The summed E-state index contributed by atoms with van der Waals surface area (Å²) >= 11 is 0. The molecule has 0 spiro atoms. The maximum absolute atomic E-state index is 11.0. The summed E-state index contributed by atoms with van der Waals surface area (Å²) in [7, 11) is 0. The molecule has 0 bridgehead atoms. The van der Waals surface area contributed by atoms with Crippen molar-refractivity contribution in [3.05, 3.63) is 12.2 Å². The van der Waals surface area contributed by atoms with Gasteiger partial charge in [-0.25, -0.2) is 0 Å². The lowest BCUT2D eigenvalue weighted by atomic mass is 10.1. The van der Waals surface area contributed by atoms with Crippen LogP contribution in [0.15, 0.2) is 12.2 Å². The molecule has 7 nitrogen and oxygen atoms in total. The largest absolute Gasteiger partial charge is 0.481 e. The normalized spacial score (nSPS) is 11.8. The second-order valence-corrected chi connectivity index (χ2v) is 8.54. The fourth-order valence-corrected chi connectivity index (χ4v) is 3.99.